The summed E-state index contributed by atoms with van der Waals surface area (Å²) in [4.78, 5) is 31.3. The number of hydrogen-bond acceptors (Lipinski definition) is 6. The van der Waals surface area contributed by atoms with E-state index in [1.54, 1.807) is 36.0 Å². The number of nitrogens with one attached hydrogen (secondary N) is 1. The molecule has 1 aliphatic rings. The van der Waals surface area contributed by atoms with E-state index < -0.39 is 22.9 Å². The van der Waals surface area contributed by atoms with Gasteiger partial charge in [0.2, 0.25) is 0 Å². The highest BCUT2D eigenvalue weighted by molar-refractivity contribution is 8.18. The molecule has 4 aromatic rings. The molecule has 1 fully saturated rings. The van der Waals surface area contributed by atoms with Crippen LogP contribution in [0.5, 0.6) is 0 Å². The number of rotatable bonds is 5. The molecule has 1 saturated heterocycles. The molecular formula is C23H14ClF3N4O2S2. The number of aromatic nitrogens is 3. The van der Waals surface area contributed by atoms with E-state index >= 15 is 0 Å². The summed E-state index contributed by atoms with van der Waals surface area (Å²) in [7, 11) is 0. The van der Waals surface area contributed by atoms with Crippen LogP contribution in [-0.2, 0) is 23.9 Å². The summed E-state index contributed by atoms with van der Waals surface area (Å²) in [5.74, 6) is -0.569. The third kappa shape index (κ3) is 4.71. The Morgan fingerprint density at radius 3 is 2.71 bits per heavy atom. The standard InChI is InChI=1S/C23H14ClF3N4O2S2/c24-15-3-1-13(17(9-15)23(25,26)27)8-16(12-2-4-18-14(7-12)10-29-30-18)20-21(32)31(22(33)35-20)11-19-28-5-6-34-19/h1-7,9-10H,8,11H2,(H,29,30)/b20-16-. The number of halogens is 4. The maximum absolute atomic E-state index is 13.8. The van der Waals surface area contributed by atoms with E-state index in [-0.39, 0.29) is 28.5 Å². The van der Waals surface area contributed by atoms with Gasteiger partial charge in [0, 0.05) is 22.0 Å². The molecule has 2 aromatic carbocycles. The van der Waals surface area contributed by atoms with Crippen LogP contribution in [0.4, 0.5) is 18.0 Å². The van der Waals surface area contributed by atoms with Crippen molar-refractivity contribution in [2.45, 2.75) is 19.1 Å². The fourth-order valence-electron chi connectivity index (χ4n) is 3.79. The Bertz CT molecular complexity index is 1480. The number of thioether (sulfide) groups is 1. The number of amides is 2. The zero-order valence-electron chi connectivity index (χ0n) is 17.6. The average Bonchev–Trinajstić information content (AvgIpc) is 3.55. The van der Waals surface area contributed by atoms with Gasteiger partial charge in [0.15, 0.2) is 0 Å². The Labute approximate surface area is 209 Å². The number of fused-ring (bicyclic) bond motifs is 1. The second-order valence-corrected chi connectivity index (χ2v) is 10.0. The number of hydrogen-bond donors (Lipinski definition) is 1. The first kappa shape index (κ1) is 23.6. The van der Waals surface area contributed by atoms with Crippen LogP contribution in [0, 0.1) is 0 Å². The lowest BCUT2D eigenvalue weighted by Gasteiger charge is -2.17. The quantitative estimate of drug-likeness (QED) is 0.294. The molecular weight excluding hydrogens is 521 g/mol. The van der Waals surface area contributed by atoms with E-state index in [1.807, 2.05) is 0 Å². The van der Waals surface area contributed by atoms with Crippen molar-refractivity contribution in [2.75, 3.05) is 0 Å². The molecule has 2 amide bonds. The number of alkyl halides is 3. The van der Waals surface area contributed by atoms with Gasteiger partial charge in [0.1, 0.15) is 5.01 Å². The number of allylic oxidation sites excluding steroid dienone is 1. The third-order valence-corrected chi connectivity index (χ3v) is 7.45. The Kier molecular flexibility index (Phi) is 6.16. The average molecular weight is 535 g/mol. The molecule has 0 bridgehead atoms. The van der Waals surface area contributed by atoms with Gasteiger partial charge >= 0.3 is 6.18 Å². The molecule has 0 radical (unpaired) electrons. The summed E-state index contributed by atoms with van der Waals surface area (Å²) in [5.41, 5.74) is 0.602. The molecule has 1 N–H and O–H groups in total. The summed E-state index contributed by atoms with van der Waals surface area (Å²) < 4.78 is 41.4. The fraction of sp³-hybridized carbons (Fsp3) is 0.130. The molecule has 178 valence electrons. The van der Waals surface area contributed by atoms with E-state index in [0.717, 1.165) is 16.5 Å². The van der Waals surface area contributed by atoms with Gasteiger partial charge in [0.05, 0.1) is 28.7 Å². The lowest BCUT2D eigenvalue weighted by molar-refractivity contribution is -0.138. The number of nitrogens with zero attached hydrogens (tertiary/aromatic N) is 3. The molecule has 0 atom stereocenters. The predicted octanol–water partition coefficient (Wildman–Crippen LogP) is 6.54. The highest BCUT2D eigenvalue weighted by Crippen LogP contribution is 2.41. The van der Waals surface area contributed by atoms with E-state index in [0.29, 0.717) is 33.3 Å². The molecule has 1 aliphatic heterocycles. The summed E-state index contributed by atoms with van der Waals surface area (Å²) in [6.07, 6.45) is -1.74. The predicted molar refractivity (Wildman–Crippen MR) is 129 cm³/mol. The van der Waals surface area contributed by atoms with Crippen molar-refractivity contribution < 1.29 is 22.8 Å². The minimum atomic E-state index is -4.65. The zero-order valence-corrected chi connectivity index (χ0v) is 20.0. The number of benzene rings is 2. The largest absolute Gasteiger partial charge is 0.416 e. The number of H-pyrrole nitrogens is 1. The summed E-state index contributed by atoms with van der Waals surface area (Å²) in [6.45, 7) is -0.00533. The zero-order chi connectivity index (χ0) is 24.7. The van der Waals surface area contributed by atoms with Crippen molar-refractivity contribution in [1.82, 2.24) is 20.1 Å². The van der Waals surface area contributed by atoms with E-state index in [4.69, 9.17) is 11.6 Å². The van der Waals surface area contributed by atoms with Crippen molar-refractivity contribution in [1.29, 1.82) is 0 Å². The van der Waals surface area contributed by atoms with Crippen LogP contribution < -0.4 is 0 Å². The second-order valence-electron chi connectivity index (χ2n) is 7.64. The van der Waals surface area contributed by atoms with E-state index in [2.05, 4.69) is 15.2 Å². The van der Waals surface area contributed by atoms with Crippen LogP contribution in [0.3, 0.4) is 0 Å². The van der Waals surface area contributed by atoms with Gasteiger partial charge in [-0.15, -0.1) is 11.3 Å². The van der Waals surface area contributed by atoms with Crippen LogP contribution in [0.2, 0.25) is 5.02 Å². The van der Waals surface area contributed by atoms with E-state index in [9.17, 15) is 22.8 Å². The van der Waals surface area contributed by atoms with Crippen LogP contribution >= 0.6 is 34.7 Å². The maximum atomic E-state index is 13.8. The lowest BCUT2D eigenvalue weighted by atomic mass is 9.93. The van der Waals surface area contributed by atoms with Crippen molar-refractivity contribution >= 4 is 62.3 Å². The van der Waals surface area contributed by atoms with Crippen LogP contribution in [0.15, 0.2) is 59.1 Å². The van der Waals surface area contributed by atoms with Crippen LogP contribution in [0.1, 0.15) is 21.7 Å². The Morgan fingerprint density at radius 2 is 1.97 bits per heavy atom. The smallest absolute Gasteiger partial charge is 0.278 e. The molecule has 6 nitrogen and oxygen atoms in total. The number of aromatic amines is 1. The molecule has 12 heteroatoms. The molecule has 0 unspecified atom stereocenters. The van der Waals surface area contributed by atoms with Gasteiger partial charge in [-0.05, 0) is 59.1 Å². The topological polar surface area (TPSA) is 79.0 Å². The van der Waals surface area contributed by atoms with Crippen molar-refractivity contribution in [3.8, 4) is 0 Å². The number of imide groups is 1. The highest BCUT2D eigenvalue weighted by Gasteiger charge is 2.39. The molecule has 5 rings (SSSR count). The first-order valence-corrected chi connectivity index (χ1v) is 12.2. The van der Waals surface area contributed by atoms with Gasteiger partial charge in [-0.1, -0.05) is 23.7 Å². The van der Waals surface area contributed by atoms with Gasteiger partial charge in [-0.2, -0.15) is 18.3 Å². The minimum Gasteiger partial charge on any atom is -0.278 e. The van der Waals surface area contributed by atoms with Gasteiger partial charge in [-0.3, -0.25) is 19.6 Å². The van der Waals surface area contributed by atoms with Gasteiger partial charge in [-0.25, -0.2) is 4.98 Å². The Morgan fingerprint density at radius 1 is 1.14 bits per heavy atom. The monoisotopic (exact) mass is 534 g/mol. The van der Waals surface area contributed by atoms with Crippen molar-refractivity contribution in [3.63, 3.8) is 0 Å². The minimum absolute atomic E-state index is 0.00533. The fourth-order valence-corrected chi connectivity index (χ4v) is 5.51. The summed E-state index contributed by atoms with van der Waals surface area (Å²) in [5, 5.41) is 9.26. The summed E-state index contributed by atoms with van der Waals surface area (Å²) >= 11 is 7.86. The Balaban J connectivity index is 1.63. The van der Waals surface area contributed by atoms with E-state index in [1.165, 1.54) is 23.5 Å². The molecule has 0 spiro atoms. The molecule has 35 heavy (non-hydrogen) atoms. The highest BCUT2D eigenvalue weighted by atomic mass is 35.5. The van der Waals surface area contributed by atoms with Crippen LogP contribution in [-0.4, -0.2) is 31.2 Å². The third-order valence-electron chi connectivity index (χ3n) is 5.43. The lowest BCUT2D eigenvalue weighted by Crippen LogP contribution is -2.27. The first-order valence-electron chi connectivity index (χ1n) is 10.1. The number of carbonyl (C=O) groups excluding carboxylic acids is 2. The van der Waals surface area contributed by atoms with Crippen molar-refractivity contribution in [2.24, 2.45) is 0 Å². The summed E-state index contributed by atoms with van der Waals surface area (Å²) in [6, 6.07) is 8.67. The SMILES string of the molecule is O=C1S/C(=C(/Cc2ccc(Cl)cc2C(F)(F)F)c2ccc3[nH]ncc3c2)C(=O)N1Cc1nccs1. The molecule has 3 heterocycles. The molecule has 2 aromatic heterocycles. The Hall–Kier alpha value is -3.15. The molecule has 0 saturated carbocycles. The number of carbonyl (C=O) groups is 2. The van der Waals surface area contributed by atoms with Gasteiger partial charge in [0.25, 0.3) is 11.1 Å². The first-order chi connectivity index (χ1) is 16.7. The maximum Gasteiger partial charge on any atom is 0.416 e. The number of thiazole rings is 1. The normalized spacial score (nSPS) is 15.9. The second kappa shape index (κ2) is 9.14. The van der Waals surface area contributed by atoms with Gasteiger partial charge < -0.3 is 0 Å². The molecule has 0 aliphatic carbocycles. The van der Waals surface area contributed by atoms with Crippen molar-refractivity contribution in [3.05, 3.63) is 85.8 Å². The van der Waals surface area contributed by atoms with Crippen LogP contribution in [0.25, 0.3) is 16.5 Å².